The van der Waals surface area contributed by atoms with Gasteiger partial charge < -0.3 is 5.11 Å². The minimum absolute atomic E-state index is 0.0233. The standard InChI is InChI=1S/C11H6BrClF2OS/c12-6-4-7(14)5(3-8(6)15)11(16)9-1-2-10(13)17-9/h1-4,11,16H. The van der Waals surface area contributed by atoms with E-state index in [2.05, 4.69) is 15.9 Å². The van der Waals surface area contributed by atoms with Crippen molar-refractivity contribution in [2.45, 2.75) is 6.10 Å². The van der Waals surface area contributed by atoms with E-state index in [0.717, 1.165) is 23.5 Å². The van der Waals surface area contributed by atoms with E-state index in [-0.39, 0.29) is 10.0 Å². The molecular formula is C11H6BrClF2OS. The Morgan fingerprint density at radius 2 is 1.94 bits per heavy atom. The Morgan fingerprint density at radius 1 is 1.24 bits per heavy atom. The Kier molecular flexibility index (Phi) is 3.82. The van der Waals surface area contributed by atoms with Crippen LogP contribution in [-0.4, -0.2) is 5.11 Å². The van der Waals surface area contributed by atoms with Gasteiger partial charge in [-0.2, -0.15) is 0 Å². The van der Waals surface area contributed by atoms with Gasteiger partial charge in [-0.1, -0.05) is 11.6 Å². The number of rotatable bonds is 2. The highest BCUT2D eigenvalue weighted by molar-refractivity contribution is 9.10. The molecule has 0 aliphatic heterocycles. The zero-order chi connectivity index (χ0) is 12.6. The van der Waals surface area contributed by atoms with Gasteiger partial charge in [-0.25, -0.2) is 8.78 Å². The normalized spacial score (nSPS) is 12.8. The van der Waals surface area contributed by atoms with Gasteiger partial charge in [-0.3, -0.25) is 0 Å². The lowest BCUT2D eigenvalue weighted by Crippen LogP contribution is -2.01. The van der Waals surface area contributed by atoms with Crippen molar-refractivity contribution < 1.29 is 13.9 Å². The van der Waals surface area contributed by atoms with Crippen molar-refractivity contribution in [3.05, 3.63) is 55.1 Å². The summed E-state index contributed by atoms with van der Waals surface area (Å²) >= 11 is 9.72. The van der Waals surface area contributed by atoms with Gasteiger partial charge in [0.1, 0.15) is 17.7 Å². The summed E-state index contributed by atoms with van der Waals surface area (Å²) in [6.07, 6.45) is -1.21. The van der Waals surface area contributed by atoms with Crippen LogP contribution in [0.15, 0.2) is 28.7 Å². The minimum atomic E-state index is -1.21. The Labute approximate surface area is 114 Å². The number of aliphatic hydroxyl groups excluding tert-OH is 1. The first kappa shape index (κ1) is 13.0. The zero-order valence-corrected chi connectivity index (χ0v) is 11.4. The Bertz CT molecular complexity index is 558. The van der Waals surface area contributed by atoms with Crippen LogP contribution in [0.1, 0.15) is 16.5 Å². The van der Waals surface area contributed by atoms with E-state index < -0.39 is 17.7 Å². The van der Waals surface area contributed by atoms with Crippen molar-refractivity contribution in [3.63, 3.8) is 0 Å². The van der Waals surface area contributed by atoms with Crippen LogP contribution in [0, 0.1) is 11.6 Å². The summed E-state index contributed by atoms with van der Waals surface area (Å²) in [5.74, 6) is -1.29. The Morgan fingerprint density at radius 3 is 2.53 bits per heavy atom. The van der Waals surface area contributed by atoms with E-state index >= 15 is 0 Å². The molecule has 17 heavy (non-hydrogen) atoms. The molecule has 1 N–H and O–H groups in total. The first-order valence-electron chi connectivity index (χ1n) is 4.57. The lowest BCUT2D eigenvalue weighted by Gasteiger charge is -2.10. The first-order chi connectivity index (χ1) is 7.99. The maximum absolute atomic E-state index is 13.6. The number of benzene rings is 1. The quantitative estimate of drug-likeness (QED) is 0.797. The van der Waals surface area contributed by atoms with Crippen LogP contribution in [0.2, 0.25) is 4.34 Å². The molecule has 0 amide bonds. The van der Waals surface area contributed by atoms with Crippen LogP contribution >= 0.6 is 38.9 Å². The molecule has 0 spiro atoms. The molecule has 0 radical (unpaired) electrons. The van der Waals surface area contributed by atoms with Gasteiger partial charge >= 0.3 is 0 Å². The van der Waals surface area contributed by atoms with E-state index in [1.54, 1.807) is 12.1 Å². The van der Waals surface area contributed by atoms with Gasteiger partial charge in [0.2, 0.25) is 0 Å². The Hall–Kier alpha value is -0.490. The monoisotopic (exact) mass is 338 g/mol. The third kappa shape index (κ3) is 2.68. The lowest BCUT2D eigenvalue weighted by molar-refractivity contribution is 0.218. The number of hydrogen-bond donors (Lipinski definition) is 1. The lowest BCUT2D eigenvalue weighted by atomic mass is 10.1. The topological polar surface area (TPSA) is 20.2 Å². The summed E-state index contributed by atoms with van der Waals surface area (Å²) in [6, 6.07) is 5.13. The van der Waals surface area contributed by atoms with Crippen LogP contribution in [-0.2, 0) is 0 Å². The summed E-state index contributed by atoms with van der Waals surface area (Å²) < 4.78 is 27.4. The van der Waals surface area contributed by atoms with E-state index in [4.69, 9.17) is 11.6 Å². The SMILES string of the molecule is OC(c1ccc(Cl)s1)c1cc(F)c(Br)cc1F. The van der Waals surface area contributed by atoms with E-state index in [0.29, 0.717) is 9.21 Å². The van der Waals surface area contributed by atoms with Crippen LogP contribution in [0.25, 0.3) is 0 Å². The van der Waals surface area contributed by atoms with Gasteiger partial charge in [0.25, 0.3) is 0 Å². The van der Waals surface area contributed by atoms with E-state index in [1.165, 1.54) is 0 Å². The fourth-order valence-corrected chi connectivity index (χ4v) is 2.76. The fourth-order valence-electron chi connectivity index (χ4n) is 1.38. The molecule has 0 aliphatic carbocycles. The van der Waals surface area contributed by atoms with Crippen LogP contribution in [0.4, 0.5) is 8.78 Å². The first-order valence-corrected chi connectivity index (χ1v) is 6.55. The summed E-state index contributed by atoms with van der Waals surface area (Å²) in [5, 5.41) is 9.93. The molecule has 2 aromatic rings. The van der Waals surface area contributed by atoms with Gasteiger partial charge in [-0.15, -0.1) is 11.3 Å². The van der Waals surface area contributed by atoms with Crippen LogP contribution in [0.3, 0.4) is 0 Å². The highest BCUT2D eigenvalue weighted by Crippen LogP contribution is 2.33. The second-order valence-corrected chi connectivity index (χ2v) is 5.93. The number of aliphatic hydroxyl groups is 1. The highest BCUT2D eigenvalue weighted by atomic mass is 79.9. The van der Waals surface area contributed by atoms with Crippen molar-refractivity contribution in [2.75, 3.05) is 0 Å². The summed E-state index contributed by atoms with van der Waals surface area (Å²) in [6.45, 7) is 0. The molecule has 90 valence electrons. The van der Waals surface area contributed by atoms with Gasteiger partial charge in [0, 0.05) is 10.4 Å². The molecule has 0 fully saturated rings. The average Bonchev–Trinajstić information content (AvgIpc) is 2.69. The summed E-state index contributed by atoms with van der Waals surface area (Å²) in [4.78, 5) is 0.468. The number of halogens is 4. The molecular weight excluding hydrogens is 334 g/mol. The minimum Gasteiger partial charge on any atom is -0.383 e. The van der Waals surface area contributed by atoms with Gasteiger partial charge in [0.15, 0.2) is 0 Å². The molecule has 1 unspecified atom stereocenters. The van der Waals surface area contributed by atoms with Crippen molar-refractivity contribution in [2.24, 2.45) is 0 Å². The average molecular weight is 340 g/mol. The van der Waals surface area contributed by atoms with Gasteiger partial charge in [-0.05, 0) is 40.2 Å². The predicted molar refractivity (Wildman–Crippen MR) is 67.4 cm³/mol. The molecule has 1 aromatic heterocycles. The molecule has 2 rings (SSSR count). The maximum Gasteiger partial charge on any atom is 0.137 e. The van der Waals surface area contributed by atoms with E-state index in [9.17, 15) is 13.9 Å². The maximum atomic E-state index is 13.6. The molecule has 1 atom stereocenters. The largest absolute Gasteiger partial charge is 0.383 e. The van der Waals surface area contributed by atoms with Crippen molar-refractivity contribution in [3.8, 4) is 0 Å². The number of hydrogen-bond acceptors (Lipinski definition) is 2. The van der Waals surface area contributed by atoms with Crippen LogP contribution < -0.4 is 0 Å². The molecule has 0 bridgehead atoms. The summed E-state index contributed by atoms with van der Waals surface area (Å²) in [5.41, 5.74) is -0.107. The summed E-state index contributed by atoms with van der Waals surface area (Å²) in [7, 11) is 0. The van der Waals surface area contributed by atoms with Gasteiger partial charge in [0.05, 0.1) is 8.81 Å². The second-order valence-electron chi connectivity index (χ2n) is 3.33. The van der Waals surface area contributed by atoms with Crippen LogP contribution in [0.5, 0.6) is 0 Å². The number of thiophene rings is 1. The highest BCUT2D eigenvalue weighted by Gasteiger charge is 2.19. The molecule has 0 saturated carbocycles. The molecule has 0 aliphatic rings. The molecule has 1 nitrogen and oxygen atoms in total. The molecule has 1 aromatic carbocycles. The fraction of sp³-hybridized carbons (Fsp3) is 0.0909. The molecule has 1 heterocycles. The second kappa shape index (κ2) is 5.02. The third-order valence-electron chi connectivity index (χ3n) is 2.20. The Balaban J connectivity index is 2.43. The van der Waals surface area contributed by atoms with Crippen molar-refractivity contribution >= 4 is 38.9 Å². The third-order valence-corrected chi connectivity index (χ3v) is 4.09. The zero-order valence-electron chi connectivity index (χ0n) is 8.25. The van der Waals surface area contributed by atoms with Crippen molar-refractivity contribution in [1.29, 1.82) is 0 Å². The predicted octanol–water partition coefficient (Wildman–Crippen LogP) is 4.52. The molecule has 0 saturated heterocycles. The van der Waals surface area contributed by atoms with E-state index in [1.807, 2.05) is 0 Å². The smallest absolute Gasteiger partial charge is 0.137 e. The van der Waals surface area contributed by atoms with Crippen molar-refractivity contribution in [1.82, 2.24) is 0 Å². The molecule has 6 heteroatoms.